The number of rotatable bonds is 6. The van der Waals surface area contributed by atoms with E-state index in [0.717, 1.165) is 12.8 Å². The van der Waals surface area contributed by atoms with Crippen molar-refractivity contribution in [2.24, 2.45) is 5.73 Å². The van der Waals surface area contributed by atoms with Crippen LogP contribution < -0.4 is 11.1 Å². The second kappa shape index (κ2) is 6.30. The zero-order chi connectivity index (χ0) is 12.0. The number of primary amides is 1. The summed E-state index contributed by atoms with van der Waals surface area (Å²) < 4.78 is 0. The molecule has 86 valence electrons. The molecule has 0 aromatic carbocycles. The van der Waals surface area contributed by atoms with Crippen LogP contribution >= 0.6 is 22.9 Å². The number of unbranched alkanes of at least 4 members (excludes halogenated alkanes) is 1. The van der Waals surface area contributed by atoms with Crippen molar-refractivity contribution in [3.05, 3.63) is 10.0 Å². The van der Waals surface area contributed by atoms with Crippen LogP contribution in [0.25, 0.3) is 0 Å². The zero-order valence-electron chi connectivity index (χ0n) is 8.49. The first-order valence-electron chi connectivity index (χ1n) is 4.72. The number of hydrogen-bond acceptors (Lipinski definition) is 5. The van der Waals surface area contributed by atoms with Crippen molar-refractivity contribution in [3.63, 3.8) is 0 Å². The van der Waals surface area contributed by atoms with Gasteiger partial charge in [0.2, 0.25) is 5.91 Å². The summed E-state index contributed by atoms with van der Waals surface area (Å²) in [7, 11) is 0. The Morgan fingerprint density at radius 2 is 2.38 bits per heavy atom. The lowest BCUT2D eigenvalue weighted by Gasteiger charge is -2.00. The van der Waals surface area contributed by atoms with Gasteiger partial charge in [0.15, 0.2) is 10.3 Å². The van der Waals surface area contributed by atoms with Crippen LogP contribution in [0.15, 0.2) is 0 Å². The number of carbonyl (C=O) groups excluding carboxylic acids is 1. The van der Waals surface area contributed by atoms with Crippen LogP contribution in [0.1, 0.15) is 24.1 Å². The van der Waals surface area contributed by atoms with Crippen LogP contribution in [0.2, 0.25) is 5.15 Å². The molecule has 0 atom stereocenters. The SMILES string of the molecule is N#Cc1sc(NCCCCC(N)=O)nc1Cl. The molecule has 16 heavy (non-hydrogen) atoms. The molecule has 3 N–H and O–H groups in total. The first kappa shape index (κ1) is 12.7. The lowest BCUT2D eigenvalue weighted by molar-refractivity contribution is -0.118. The summed E-state index contributed by atoms with van der Waals surface area (Å²) in [6, 6.07) is 1.96. The van der Waals surface area contributed by atoms with Gasteiger partial charge in [0.1, 0.15) is 10.9 Å². The van der Waals surface area contributed by atoms with Gasteiger partial charge >= 0.3 is 0 Å². The minimum absolute atomic E-state index is 0.229. The van der Waals surface area contributed by atoms with Gasteiger partial charge in [0.05, 0.1) is 0 Å². The van der Waals surface area contributed by atoms with Crippen molar-refractivity contribution in [1.82, 2.24) is 4.98 Å². The molecule has 0 saturated heterocycles. The Morgan fingerprint density at radius 3 is 2.94 bits per heavy atom. The van der Waals surface area contributed by atoms with E-state index in [0.29, 0.717) is 23.0 Å². The van der Waals surface area contributed by atoms with E-state index in [1.807, 2.05) is 6.07 Å². The quantitative estimate of drug-likeness (QED) is 0.760. The van der Waals surface area contributed by atoms with Crippen LogP contribution in [0.3, 0.4) is 0 Å². The predicted octanol–water partition coefficient (Wildman–Crippen LogP) is 1.74. The summed E-state index contributed by atoms with van der Waals surface area (Å²) in [6.07, 6.45) is 1.96. The van der Waals surface area contributed by atoms with Crippen LogP contribution in [0.4, 0.5) is 5.13 Å². The van der Waals surface area contributed by atoms with E-state index in [2.05, 4.69) is 10.3 Å². The van der Waals surface area contributed by atoms with Crippen molar-refractivity contribution in [1.29, 1.82) is 5.26 Å². The van der Waals surface area contributed by atoms with E-state index < -0.39 is 0 Å². The van der Waals surface area contributed by atoms with E-state index in [-0.39, 0.29) is 11.1 Å². The molecule has 5 nitrogen and oxygen atoms in total. The molecule has 0 unspecified atom stereocenters. The molecule has 1 amide bonds. The van der Waals surface area contributed by atoms with Gasteiger partial charge in [-0.1, -0.05) is 22.9 Å². The number of thiazole rings is 1. The Morgan fingerprint density at radius 1 is 1.62 bits per heavy atom. The Kier molecular flexibility index (Phi) is 5.02. The Labute approximate surface area is 102 Å². The number of nitrogens with zero attached hydrogens (tertiary/aromatic N) is 2. The van der Waals surface area contributed by atoms with Gasteiger partial charge in [-0.05, 0) is 12.8 Å². The smallest absolute Gasteiger partial charge is 0.217 e. The first-order valence-corrected chi connectivity index (χ1v) is 5.91. The summed E-state index contributed by atoms with van der Waals surface area (Å²) in [6.45, 7) is 0.683. The number of nitrogens with two attached hydrogens (primary N) is 1. The lowest BCUT2D eigenvalue weighted by atomic mass is 10.2. The number of nitrogens with one attached hydrogen (secondary N) is 1. The molecule has 0 aliphatic rings. The van der Waals surface area contributed by atoms with Gasteiger partial charge in [0.25, 0.3) is 0 Å². The Hall–Kier alpha value is -1.32. The molecule has 0 aliphatic carbocycles. The van der Waals surface area contributed by atoms with Crippen LogP contribution in [-0.4, -0.2) is 17.4 Å². The number of aromatic nitrogens is 1. The summed E-state index contributed by atoms with van der Waals surface area (Å²) in [5.74, 6) is -0.288. The highest BCUT2D eigenvalue weighted by atomic mass is 35.5. The van der Waals surface area contributed by atoms with Crippen LogP contribution in [0.5, 0.6) is 0 Å². The number of halogens is 1. The summed E-state index contributed by atoms with van der Waals surface area (Å²) in [5, 5.41) is 12.5. The summed E-state index contributed by atoms with van der Waals surface area (Å²) >= 11 is 6.92. The maximum Gasteiger partial charge on any atom is 0.217 e. The van der Waals surface area contributed by atoms with Crippen molar-refractivity contribution < 1.29 is 4.79 Å². The molecule has 1 rings (SSSR count). The minimum atomic E-state index is -0.288. The molecule has 0 radical (unpaired) electrons. The van der Waals surface area contributed by atoms with Gasteiger partial charge in [0, 0.05) is 13.0 Å². The number of carbonyl (C=O) groups is 1. The maximum atomic E-state index is 10.5. The average Bonchev–Trinajstić information content (AvgIpc) is 2.58. The van der Waals surface area contributed by atoms with E-state index >= 15 is 0 Å². The zero-order valence-corrected chi connectivity index (χ0v) is 10.1. The standard InChI is InChI=1S/C9H11ClN4OS/c10-8-6(5-11)16-9(14-8)13-4-2-1-3-7(12)15/h1-4H2,(H2,12,15)(H,13,14). The first-order chi connectivity index (χ1) is 7.63. The molecular weight excluding hydrogens is 248 g/mol. The molecule has 7 heteroatoms. The van der Waals surface area contributed by atoms with E-state index in [4.69, 9.17) is 22.6 Å². The monoisotopic (exact) mass is 258 g/mol. The maximum absolute atomic E-state index is 10.5. The normalized spacial score (nSPS) is 9.75. The Bertz CT molecular complexity index is 412. The summed E-state index contributed by atoms with van der Waals surface area (Å²) in [5.41, 5.74) is 5.00. The Balaban J connectivity index is 2.27. The number of amides is 1. The van der Waals surface area contributed by atoms with Gasteiger partial charge in [-0.25, -0.2) is 4.98 Å². The van der Waals surface area contributed by atoms with Crippen molar-refractivity contribution in [2.45, 2.75) is 19.3 Å². The predicted molar refractivity (Wildman–Crippen MR) is 63.4 cm³/mol. The van der Waals surface area contributed by atoms with Gasteiger partial charge in [-0.3, -0.25) is 4.79 Å². The van der Waals surface area contributed by atoms with Gasteiger partial charge < -0.3 is 11.1 Å². The number of anilines is 1. The summed E-state index contributed by atoms with van der Waals surface area (Å²) in [4.78, 5) is 14.8. The molecule has 0 fully saturated rings. The highest BCUT2D eigenvalue weighted by molar-refractivity contribution is 7.16. The van der Waals surface area contributed by atoms with Crippen LogP contribution in [0, 0.1) is 11.3 Å². The highest BCUT2D eigenvalue weighted by Crippen LogP contribution is 2.25. The second-order valence-electron chi connectivity index (χ2n) is 3.10. The fraction of sp³-hybridized carbons (Fsp3) is 0.444. The van der Waals surface area contributed by atoms with Crippen molar-refractivity contribution in [3.8, 4) is 6.07 Å². The average molecular weight is 259 g/mol. The molecule has 0 aliphatic heterocycles. The van der Waals surface area contributed by atoms with Crippen molar-refractivity contribution >= 4 is 34.0 Å². The third-order valence-electron chi connectivity index (χ3n) is 1.81. The molecule has 1 heterocycles. The minimum Gasteiger partial charge on any atom is -0.370 e. The van der Waals surface area contributed by atoms with Crippen LogP contribution in [-0.2, 0) is 4.79 Å². The van der Waals surface area contributed by atoms with Gasteiger partial charge in [-0.15, -0.1) is 0 Å². The highest BCUT2D eigenvalue weighted by Gasteiger charge is 2.07. The van der Waals surface area contributed by atoms with Gasteiger partial charge in [-0.2, -0.15) is 5.26 Å². The number of hydrogen-bond donors (Lipinski definition) is 2. The molecule has 0 bridgehead atoms. The van der Waals surface area contributed by atoms with E-state index in [9.17, 15) is 4.79 Å². The molecule has 1 aromatic heterocycles. The second-order valence-corrected chi connectivity index (χ2v) is 4.46. The topological polar surface area (TPSA) is 91.8 Å². The van der Waals surface area contributed by atoms with Crippen molar-refractivity contribution in [2.75, 3.05) is 11.9 Å². The molecular formula is C9H11ClN4OS. The fourth-order valence-electron chi connectivity index (χ4n) is 1.07. The number of nitriles is 1. The largest absolute Gasteiger partial charge is 0.370 e. The molecule has 0 spiro atoms. The third-order valence-corrected chi connectivity index (χ3v) is 3.12. The molecule has 0 saturated carbocycles. The van der Waals surface area contributed by atoms with E-state index in [1.165, 1.54) is 11.3 Å². The lowest BCUT2D eigenvalue weighted by Crippen LogP contribution is -2.10. The fourth-order valence-corrected chi connectivity index (χ4v) is 2.04. The van der Waals surface area contributed by atoms with E-state index in [1.54, 1.807) is 0 Å². The molecule has 1 aromatic rings. The third kappa shape index (κ3) is 4.04.